The molecule has 0 aliphatic heterocycles. The first-order valence-electron chi connectivity index (χ1n) is 17.5. The second kappa shape index (κ2) is 25.7. The van der Waals surface area contributed by atoms with Crippen molar-refractivity contribution in [2.45, 2.75) is 115 Å². The average Bonchev–Trinajstić information content (AvgIpc) is 3.10. The number of amides is 2. The van der Waals surface area contributed by atoms with E-state index in [0.717, 1.165) is 45.6 Å². The second-order valence-electron chi connectivity index (χ2n) is 12.2. The number of carbonyl (C=O) groups excluding carboxylic acids is 4. The summed E-state index contributed by atoms with van der Waals surface area (Å²) in [5.74, 6) is 0.565. The van der Waals surface area contributed by atoms with E-state index in [-0.39, 0.29) is 18.8 Å². The van der Waals surface area contributed by atoms with Gasteiger partial charge in [-0.15, -0.1) is 5.92 Å². The number of ether oxygens (including phenoxy) is 2. The number of carbonyl (C=O) groups is 5. The summed E-state index contributed by atoms with van der Waals surface area (Å²) in [6.45, 7) is 2.87. The first-order valence-corrected chi connectivity index (χ1v) is 17.5. The summed E-state index contributed by atoms with van der Waals surface area (Å²) >= 11 is 0. The fourth-order valence-electron chi connectivity index (χ4n) is 5.22. The molecule has 0 unspecified atom stereocenters. The Kier molecular flexibility index (Phi) is 22.5. The molecule has 0 saturated carbocycles. The van der Waals surface area contributed by atoms with Crippen molar-refractivity contribution in [2.24, 2.45) is 5.92 Å². The van der Waals surface area contributed by atoms with Crippen molar-refractivity contribution >= 4 is 29.5 Å². The molecular formula is C38H56N2O10. The molecule has 0 saturated heterocycles. The number of benzene rings is 1. The maximum absolute atomic E-state index is 13.7. The number of rotatable bonds is 27. The van der Waals surface area contributed by atoms with Gasteiger partial charge in [-0.2, -0.15) is 0 Å². The zero-order chi connectivity index (χ0) is 37.2. The summed E-state index contributed by atoms with van der Waals surface area (Å²) in [6, 6.07) is 5.43. The fourth-order valence-corrected chi connectivity index (χ4v) is 5.22. The van der Waals surface area contributed by atoms with Crippen molar-refractivity contribution in [3.8, 4) is 17.6 Å². The van der Waals surface area contributed by atoms with Gasteiger partial charge in [-0.1, -0.05) is 75.7 Å². The Labute approximate surface area is 296 Å². The summed E-state index contributed by atoms with van der Waals surface area (Å²) in [5, 5.41) is 35.6. The predicted molar refractivity (Wildman–Crippen MR) is 189 cm³/mol. The predicted octanol–water partition coefficient (Wildman–Crippen LogP) is 4.05. The molecule has 0 bridgehead atoms. The van der Waals surface area contributed by atoms with Gasteiger partial charge in [-0.05, 0) is 50.3 Å². The van der Waals surface area contributed by atoms with Gasteiger partial charge in [0.25, 0.3) is 0 Å². The van der Waals surface area contributed by atoms with E-state index in [1.54, 1.807) is 37.3 Å². The lowest BCUT2D eigenvalue weighted by Crippen LogP contribution is -2.56. The summed E-state index contributed by atoms with van der Waals surface area (Å²) in [4.78, 5) is 62.9. The van der Waals surface area contributed by atoms with Gasteiger partial charge >= 0.3 is 11.9 Å². The van der Waals surface area contributed by atoms with Crippen LogP contribution in [-0.2, 0) is 35.1 Å². The Balaban J connectivity index is 2.98. The molecule has 3 atom stereocenters. The van der Waals surface area contributed by atoms with Crippen molar-refractivity contribution in [1.82, 2.24) is 10.6 Å². The van der Waals surface area contributed by atoms with Crippen LogP contribution in [0.15, 0.2) is 36.4 Å². The summed E-state index contributed by atoms with van der Waals surface area (Å²) in [7, 11) is 1.16. The molecule has 278 valence electrons. The molecular weight excluding hydrogens is 644 g/mol. The van der Waals surface area contributed by atoms with Crippen LogP contribution >= 0.6 is 0 Å². The Bertz CT molecular complexity index is 1280. The van der Waals surface area contributed by atoms with Crippen LogP contribution < -0.4 is 15.4 Å². The van der Waals surface area contributed by atoms with E-state index in [0.29, 0.717) is 37.0 Å². The van der Waals surface area contributed by atoms with Gasteiger partial charge in [0.15, 0.2) is 5.60 Å². The molecule has 0 heterocycles. The summed E-state index contributed by atoms with van der Waals surface area (Å²) in [5.41, 5.74) is -2.05. The van der Waals surface area contributed by atoms with E-state index in [1.807, 2.05) is 0 Å². The molecule has 12 heteroatoms. The van der Waals surface area contributed by atoms with E-state index < -0.39 is 60.9 Å². The lowest BCUT2D eigenvalue weighted by atomic mass is 9.83. The van der Waals surface area contributed by atoms with Crippen LogP contribution in [0.25, 0.3) is 0 Å². The van der Waals surface area contributed by atoms with Crippen LogP contribution in [-0.4, -0.2) is 83.4 Å². The van der Waals surface area contributed by atoms with Crippen molar-refractivity contribution in [3.63, 3.8) is 0 Å². The number of aliphatic hydroxyl groups excluding tert-OH is 1. The zero-order valence-electron chi connectivity index (χ0n) is 29.8. The molecule has 0 radical (unpaired) electrons. The minimum Gasteiger partial charge on any atom is -0.481 e. The molecule has 0 fully saturated rings. The average molecular weight is 701 g/mol. The lowest BCUT2D eigenvalue weighted by molar-refractivity contribution is -0.168. The number of ketones is 1. The molecule has 0 aliphatic carbocycles. The number of hydrogen-bond donors (Lipinski definition) is 5. The third kappa shape index (κ3) is 17.4. The van der Waals surface area contributed by atoms with Crippen molar-refractivity contribution < 1.29 is 48.8 Å². The number of carboxylic acid groups (broad SMARTS) is 1. The summed E-state index contributed by atoms with van der Waals surface area (Å²) in [6.07, 6.45) is 12.6. The third-order valence-electron chi connectivity index (χ3n) is 8.24. The molecule has 0 aliphatic rings. The molecule has 1 aromatic rings. The Hall–Kier alpha value is -4.21. The standard InChI is InChI=1S/C38H56N2O10/c1-4-6-8-11-14-17-30(42)18-15-12-9-10-13-16-19-32(38(48,24-25-41)37(46)47)35(44)40-33(36(45)39-28-34(43)49-3)27-29-20-22-31(23-21-29)50-26-7-5-2/h16,19-23,32-33,41,48H,4,6,8-15,17-18,24-28H2,1-3H3,(H,39,45)(H,40,44)(H,46,47)/t32-,33+,38+/m1/s1. The quantitative estimate of drug-likeness (QED) is 0.0388. The van der Waals surface area contributed by atoms with Crippen LogP contribution in [0.4, 0.5) is 0 Å². The Morgan fingerprint density at radius 1 is 0.940 bits per heavy atom. The Morgan fingerprint density at radius 2 is 1.58 bits per heavy atom. The highest BCUT2D eigenvalue weighted by Crippen LogP contribution is 2.25. The SMILES string of the molecule is CC#CCOc1ccc(C[C@H](NC(=O)[C@@H](C=CCCCCCCC(=O)CCCCCCC)[C@@](O)(CCO)C(=O)O)C(=O)NCC(=O)OC)cc1. The number of allylic oxidation sites excluding steroid dienone is 1. The topological polar surface area (TPSA) is 189 Å². The van der Waals surface area contributed by atoms with E-state index in [2.05, 4.69) is 34.1 Å². The van der Waals surface area contributed by atoms with Crippen LogP contribution in [0.5, 0.6) is 5.75 Å². The number of aliphatic carboxylic acids is 1. The molecule has 5 N–H and O–H groups in total. The smallest absolute Gasteiger partial charge is 0.336 e. The number of carboxylic acids is 1. The minimum atomic E-state index is -2.67. The number of methoxy groups -OCH3 is 1. The normalized spacial score (nSPS) is 13.3. The van der Waals surface area contributed by atoms with Gasteiger partial charge in [0.2, 0.25) is 11.8 Å². The zero-order valence-corrected chi connectivity index (χ0v) is 29.8. The Morgan fingerprint density at radius 3 is 2.16 bits per heavy atom. The van der Waals surface area contributed by atoms with Crippen LogP contribution in [0.1, 0.15) is 103 Å². The third-order valence-corrected chi connectivity index (χ3v) is 8.24. The second-order valence-corrected chi connectivity index (χ2v) is 12.2. The molecule has 1 aromatic carbocycles. The number of hydrogen-bond acceptors (Lipinski definition) is 9. The molecule has 12 nitrogen and oxygen atoms in total. The van der Waals surface area contributed by atoms with Gasteiger partial charge in [0, 0.05) is 32.3 Å². The van der Waals surface area contributed by atoms with Gasteiger partial charge in [0.05, 0.1) is 13.0 Å². The van der Waals surface area contributed by atoms with E-state index in [9.17, 15) is 39.3 Å². The fraction of sp³-hybridized carbons (Fsp3) is 0.605. The minimum absolute atomic E-state index is 0.0446. The van der Waals surface area contributed by atoms with Crippen molar-refractivity contribution in [1.29, 1.82) is 0 Å². The largest absolute Gasteiger partial charge is 0.481 e. The van der Waals surface area contributed by atoms with E-state index in [4.69, 9.17) is 4.74 Å². The first-order chi connectivity index (χ1) is 24.0. The highest BCUT2D eigenvalue weighted by atomic mass is 16.5. The van der Waals surface area contributed by atoms with E-state index >= 15 is 0 Å². The van der Waals surface area contributed by atoms with Crippen molar-refractivity contribution in [3.05, 3.63) is 42.0 Å². The maximum atomic E-state index is 13.7. The molecule has 50 heavy (non-hydrogen) atoms. The monoisotopic (exact) mass is 700 g/mol. The number of esters is 1. The number of nitrogens with one attached hydrogen (secondary N) is 2. The van der Waals surface area contributed by atoms with Gasteiger partial charge in [-0.25, -0.2) is 4.79 Å². The van der Waals surface area contributed by atoms with Gasteiger partial charge < -0.3 is 35.4 Å². The van der Waals surface area contributed by atoms with Crippen LogP contribution in [0, 0.1) is 17.8 Å². The van der Waals surface area contributed by atoms with E-state index in [1.165, 1.54) is 18.9 Å². The molecule has 2 amide bonds. The first kappa shape index (κ1) is 43.8. The number of aliphatic hydroxyl groups is 2. The lowest BCUT2D eigenvalue weighted by Gasteiger charge is -2.30. The van der Waals surface area contributed by atoms with Gasteiger partial charge in [-0.3, -0.25) is 19.2 Å². The number of Topliss-reactive ketones (excluding diaryl/α,β-unsaturated/α-hetero) is 1. The van der Waals surface area contributed by atoms with Crippen molar-refractivity contribution in [2.75, 3.05) is 26.9 Å². The van der Waals surface area contributed by atoms with Gasteiger partial charge in [0.1, 0.15) is 30.7 Å². The molecule has 1 rings (SSSR count). The highest BCUT2D eigenvalue weighted by Gasteiger charge is 2.47. The maximum Gasteiger partial charge on any atom is 0.336 e. The van der Waals surface area contributed by atoms with Crippen LogP contribution in [0.3, 0.4) is 0 Å². The molecule has 0 spiro atoms. The summed E-state index contributed by atoms with van der Waals surface area (Å²) < 4.78 is 10.1. The highest BCUT2D eigenvalue weighted by molar-refractivity contribution is 5.94. The van der Waals surface area contributed by atoms with Crippen LogP contribution in [0.2, 0.25) is 0 Å². The number of unbranched alkanes of at least 4 members (excludes halogenated alkanes) is 8. The molecule has 0 aromatic heterocycles.